The second-order valence-electron chi connectivity index (χ2n) is 6.89. The van der Waals surface area contributed by atoms with E-state index >= 15 is 0 Å². The molecule has 1 aliphatic rings. The second kappa shape index (κ2) is 9.58. The molecule has 6 nitrogen and oxygen atoms in total. The highest BCUT2D eigenvalue weighted by molar-refractivity contribution is 7.10. The highest BCUT2D eigenvalue weighted by Crippen LogP contribution is 2.32. The fourth-order valence-corrected chi connectivity index (χ4v) is 4.23. The maximum atomic E-state index is 10.5. The summed E-state index contributed by atoms with van der Waals surface area (Å²) in [5.74, 6) is -0.890. The molecule has 3 heterocycles. The van der Waals surface area contributed by atoms with E-state index in [1.165, 1.54) is 0 Å². The normalized spacial score (nSPS) is 24.1. The number of hydrogen-bond donors (Lipinski definition) is 2. The van der Waals surface area contributed by atoms with Gasteiger partial charge in [0.2, 0.25) is 0 Å². The molecule has 1 aliphatic heterocycles. The molecular formula is C19H26O6S2. The molecule has 0 radical (unpaired) electrons. The molecule has 0 aromatic carbocycles. The van der Waals surface area contributed by atoms with Gasteiger partial charge < -0.3 is 29.2 Å². The Balaban J connectivity index is 1.49. The van der Waals surface area contributed by atoms with Gasteiger partial charge in [-0.1, -0.05) is 12.1 Å². The van der Waals surface area contributed by atoms with E-state index in [4.69, 9.17) is 18.9 Å². The van der Waals surface area contributed by atoms with Crippen LogP contribution in [0.5, 0.6) is 0 Å². The number of aliphatic hydroxyl groups is 2. The van der Waals surface area contributed by atoms with Gasteiger partial charge in [0, 0.05) is 9.75 Å². The summed E-state index contributed by atoms with van der Waals surface area (Å²) in [7, 11) is 0. The van der Waals surface area contributed by atoms with E-state index < -0.39 is 30.2 Å². The van der Waals surface area contributed by atoms with Gasteiger partial charge in [-0.15, -0.1) is 22.7 Å². The Labute approximate surface area is 167 Å². The van der Waals surface area contributed by atoms with Crippen LogP contribution in [0, 0.1) is 0 Å². The molecule has 2 aromatic heterocycles. The number of thiophene rings is 2. The van der Waals surface area contributed by atoms with Crippen molar-refractivity contribution in [2.75, 3.05) is 13.2 Å². The van der Waals surface area contributed by atoms with Crippen molar-refractivity contribution in [3.05, 3.63) is 44.8 Å². The van der Waals surface area contributed by atoms with Crippen LogP contribution >= 0.6 is 22.7 Å². The van der Waals surface area contributed by atoms with Crippen LogP contribution in [0.4, 0.5) is 0 Å². The molecule has 27 heavy (non-hydrogen) atoms. The third-order valence-corrected chi connectivity index (χ3v) is 5.85. The van der Waals surface area contributed by atoms with Gasteiger partial charge >= 0.3 is 0 Å². The van der Waals surface area contributed by atoms with E-state index in [1.807, 2.05) is 35.0 Å². The van der Waals surface area contributed by atoms with E-state index in [9.17, 15) is 10.2 Å². The lowest BCUT2D eigenvalue weighted by molar-refractivity contribution is -0.165. The maximum absolute atomic E-state index is 10.5. The number of ether oxygens (including phenoxy) is 4. The molecule has 0 bridgehead atoms. The highest BCUT2D eigenvalue weighted by atomic mass is 32.1. The van der Waals surface area contributed by atoms with Crippen LogP contribution in [0.3, 0.4) is 0 Å². The average molecular weight is 415 g/mol. The average Bonchev–Trinajstić information content (AvgIpc) is 3.35. The topological polar surface area (TPSA) is 77.4 Å². The minimum atomic E-state index is -0.913. The van der Waals surface area contributed by atoms with Gasteiger partial charge in [0.05, 0.1) is 26.4 Å². The van der Waals surface area contributed by atoms with Gasteiger partial charge in [0.1, 0.15) is 24.4 Å². The van der Waals surface area contributed by atoms with E-state index in [2.05, 4.69) is 0 Å². The monoisotopic (exact) mass is 414 g/mol. The van der Waals surface area contributed by atoms with Gasteiger partial charge in [0.15, 0.2) is 5.79 Å². The summed E-state index contributed by atoms with van der Waals surface area (Å²) in [5, 5.41) is 25.0. The first kappa shape index (κ1) is 20.9. The lowest BCUT2D eigenvalue weighted by Crippen LogP contribution is -2.45. The molecule has 2 aromatic rings. The van der Waals surface area contributed by atoms with Crippen LogP contribution in [-0.2, 0) is 32.2 Å². The smallest absolute Gasteiger partial charge is 0.164 e. The summed E-state index contributed by atoms with van der Waals surface area (Å²) in [6, 6.07) is 7.87. The van der Waals surface area contributed by atoms with Crippen molar-refractivity contribution in [3.63, 3.8) is 0 Å². The molecule has 0 spiro atoms. The molecule has 1 saturated heterocycles. The standard InChI is InChI=1S/C19H26O6S2/c1-19(2)24-17(15(20)11-22-9-13-5-3-7-26-13)18(25-19)16(21)12-23-10-14-6-4-8-27-14/h3-8,15-18,20-21H,9-12H2,1-2H3/t15-,16-,17-,18-/m1/s1. The van der Waals surface area contributed by atoms with Crippen molar-refractivity contribution in [1.29, 1.82) is 0 Å². The minimum absolute atomic E-state index is 0.0985. The summed E-state index contributed by atoms with van der Waals surface area (Å²) >= 11 is 3.20. The van der Waals surface area contributed by atoms with E-state index in [0.717, 1.165) is 9.75 Å². The van der Waals surface area contributed by atoms with Gasteiger partial charge in [-0.25, -0.2) is 0 Å². The van der Waals surface area contributed by atoms with Crippen molar-refractivity contribution in [2.24, 2.45) is 0 Å². The van der Waals surface area contributed by atoms with Gasteiger partial charge in [-0.3, -0.25) is 0 Å². The quantitative estimate of drug-likeness (QED) is 0.623. The molecule has 0 saturated carbocycles. The molecule has 4 atom stereocenters. The van der Waals surface area contributed by atoms with Crippen LogP contribution in [-0.4, -0.2) is 53.6 Å². The summed E-state index contributed by atoms with van der Waals surface area (Å²) < 4.78 is 22.8. The third kappa shape index (κ3) is 6.07. The van der Waals surface area contributed by atoms with Crippen LogP contribution in [0.15, 0.2) is 35.0 Å². The zero-order valence-corrected chi connectivity index (χ0v) is 17.1. The Morgan fingerprint density at radius 2 is 1.37 bits per heavy atom. The predicted molar refractivity (Wildman–Crippen MR) is 104 cm³/mol. The fourth-order valence-electron chi connectivity index (χ4n) is 2.95. The van der Waals surface area contributed by atoms with Gasteiger partial charge in [0.25, 0.3) is 0 Å². The zero-order chi connectivity index (χ0) is 19.3. The molecule has 0 unspecified atom stereocenters. The van der Waals surface area contributed by atoms with Crippen molar-refractivity contribution < 1.29 is 29.2 Å². The minimum Gasteiger partial charge on any atom is -0.388 e. The lowest BCUT2D eigenvalue weighted by atomic mass is 10.0. The fraction of sp³-hybridized carbons (Fsp3) is 0.579. The molecule has 8 heteroatoms. The Morgan fingerprint density at radius 3 is 1.74 bits per heavy atom. The Hall–Kier alpha value is -0.840. The molecular weight excluding hydrogens is 388 g/mol. The van der Waals surface area contributed by atoms with Crippen molar-refractivity contribution >= 4 is 22.7 Å². The summed E-state index contributed by atoms with van der Waals surface area (Å²) in [6.45, 7) is 4.59. The Morgan fingerprint density at radius 1 is 0.926 bits per heavy atom. The first-order chi connectivity index (χ1) is 12.9. The van der Waals surface area contributed by atoms with Crippen LogP contribution < -0.4 is 0 Å². The Bertz CT molecular complexity index is 602. The summed E-state index contributed by atoms with van der Waals surface area (Å²) in [4.78, 5) is 2.18. The molecule has 2 N–H and O–H groups in total. The lowest BCUT2D eigenvalue weighted by Gasteiger charge is -2.25. The van der Waals surface area contributed by atoms with Gasteiger partial charge in [-0.2, -0.15) is 0 Å². The summed E-state index contributed by atoms with van der Waals surface area (Å²) in [6.07, 6.45) is -3.21. The van der Waals surface area contributed by atoms with Crippen molar-refractivity contribution in [3.8, 4) is 0 Å². The van der Waals surface area contributed by atoms with Gasteiger partial charge in [-0.05, 0) is 36.7 Å². The van der Waals surface area contributed by atoms with Crippen LogP contribution in [0.2, 0.25) is 0 Å². The third-order valence-electron chi connectivity index (χ3n) is 4.15. The SMILES string of the molecule is CC1(C)O[C@H]([C@H](O)COCc2cccs2)[C@@H]([C@H](O)COCc2cccs2)O1. The van der Waals surface area contributed by atoms with Crippen LogP contribution in [0.25, 0.3) is 0 Å². The number of rotatable bonds is 10. The highest BCUT2D eigenvalue weighted by Gasteiger charge is 2.48. The largest absolute Gasteiger partial charge is 0.388 e. The molecule has 0 amide bonds. The zero-order valence-electron chi connectivity index (χ0n) is 15.4. The van der Waals surface area contributed by atoms with Crippen molar-refractivity contribution in [1.82, 2.24) is 0 Å². The van der Waals surface area contributed by atoms with Crippen LogP contribution in [0.1, 0.15) is 23.6 Å². The second-order valence-corrected chi connectivity index (χ2v) is 8.95. The van der Waals surface area contributed by atoms with E-state index in [0.29, 0.717) is 13.2 Å². The Kier molecular flexibility index (Phi) is 7.41. The molecule has 1 fully saturated rings. The molecule has 3 rings (SSSR count). The first-order valence-electron chi connectivity index (χ1n) is 8.86. The first-order valence-corrected chi connectivity index (χ1v) is 10.6. The van der Waals surface area contributed by atoms with E-state index in [-0.39, 0.29) is 13.2 Å². The summed E-state index contributed by atoms with van der Waals surface area (Å²) in [5.41, 5.74) is 0. The molecule has 150 valence electrons. The predicted octanol–water partition coefficient (Wildman–Crippen LogP) is 2.78. The molecule has 0 aliphatic carbocycles. The number of aliphatic hydroxyl groups excluding tert-OH is 2. The number of hydrogen-bond acceptors (Lipinski definition) is 8. The maximum Gasteiger partial charge on any atom is 0.164 e. The van der Waals surface area contributed by atoms with Crippen molar-refractivity contribution in [2.45, 2.75) is 57.3 Å². The van der Waals surface area contributed by atoms with E-state index in [1.54, 1.807) is 36.5 Å².